The van der Waals surface area contributed by atoms with Gasteiger partial charge in [-0.25, -0.2) is 0 Å². The maximum absolute atomic E-state index is 10.0. The molecule has 0 fully saturated rings. The standard InChI is InChI=1S/C43H72O4/c44-37-43(38-45,39-46)42(35-27-17-13-9-5-1-3-7-11-15-21-29-40-31-23-19-24-32-40)47-36-28-18-14-10-6-2-4-8-12-16-22-30-41-33-25-20-26-34-41/h19-20,23-26,31-34,42,44-46H,1-18,21-22,27-30,35-39H2. The number of hydrogen-bond donors (Lipinski definition) is 3. The molecule has 0 saturated carbocycles. The first-order valence-electron chi connectivity index (χ1n) is 19.8. The maximum atomic E-state index is 10.0. The van der Waals surface area contributed by atoms with Gasteiger partial charge in [0, 0.05) is 6.61 Å². The van der Waals surface area contributed by atoms with Gasteiger partial charge in [-0.05, 0) is 49.7 Å². The fourth-order valence-electron chi connectivity index (χ4n) is 6.81. The van der Waals surface area contributed by atoms with Gasteiger partial charge in [0.2, 0.25) is 0 Å². The normalized spacial score (nSPS) is 12.5. The smallest absolute Gasteiger partial charge is 0.0697 e. The Morgan fingerprint density at radius 2 is 0.723 bits per heavy atom. The van der Waals surface area contributed by atoms with Gasteiger partial charge in [0.05, 0.1) is 31.3 Å². The van der Waals surface area contributed by atoms with E-state index in [9.17, 15) is 15.3 Å². The summed E-state index contributed by atoms with van der Waals surface area (Å²) in [7, 11) is 0. The van der Waals surface area contributed by atoms with Gasteiger partial charge in [0.1, 0.15) is 0 Å². The third-order valence-electron chi connectivity index (χ3n) is 10.2. The molecule has 2 aromatic carbocycles. The number of aryl methyl sites for hydroxylation is 2. The minimum Gasteiger partial charge on any atom is -0.396 e. The van der Waals surface area contributed by atoms with Crippen LogP contribution >= 0.6 is 0 Å². The Balaban J connectivity index is 1.42. The second-order valence-corrected chi connectivity index (χ2v) is 14.2. The van der Waals surface area contributed by atoms with Crippen molar-refractivity contribution in [3.05, 3.63) is 71.8 Å². The molecule has 47 heavy (non-hydrogen) atoms. The van der Waals surface area contributed by atoms with Crippen LogP contribution in [0.15, 0.2) is 60.7 Å². The SMILES string of the molecule is OCC(CO)(CO)C(CCCCCCCCCCCCCc1ccccc1)OCCCCCCCCCCCCCc1ccccc1. The summed E-state index contributed by atoms with van der Waals surface area (Å²) in [5, 5.41) is 30.1. The van der Waals surface area contributed by atoms with Crippen molar-refractivity contribution < 1.29 is 20.1 Å². The first-order valence-corrected chi connectivity index (χ1v) is 19.8. The van der Waals surface area contributed by atoms with Gasteiger partial charge >= 0.3 is 0 Å². The highest BCUT2D eigenvalue weighted by Crippen LogP contribution is 2.28. The zero-order valence-corrected chi connectivity index (χ0v) is 30.1. The van der Waals surface area contributed by atoms with Crippen LogP contribution < -0.4 is 0 Å². The molecule has 0 spiro atoms. The summed E-state index contributed by atoms with van der Waals surface area (Å²) >= 11 is 0. The average molecular weight is 653 g/mol. The summed E-state index contributed by atoms with van der Waals surface area (Å²) in [5.74, 6) is 0. The first-order chi connectivity index (χ1) is 23.2. The summed E-state index contributed by atoms with van der Waals surface area (Å²) in [6, 6.07) is 21.7. The second-order valence-electron chi connectivity index (χ2n) is 14.2. The molecule has 0 radical (unpaired) electrons. The van der Waals surface area contributed by atoms with Crippen molar-refractivity contribution in [2.75, 3.05) is 26.4 Å². The molecule has 3 N–H and O–H groups in total. The monoisotopic (exact) mass is 653 g/mol. The minimum absolute atomic E-state index is 0.246. The van der Waals surface area contributed by atoms with Crippen molar-refractivity contribution in [2.45, 2.75) is 167 Å². The van der Waals surface area contributed by atoms with Gasteiger partial charge in [0.15, 0.2) is 0 Å². The molecule has 1 unspecified atom stereocenters. The number of unbranched alkanes of at least 4 members (excludes halogenated alkanes) is 20. The first kappa shape index (κ1) is 41.5. The molecule has 2 rings (SSSR count). The van der Waals surface area contributed by atoms with E-state index in [0.29, 0.717) is 6.61 Å². The van der Waals surface area contributed by atoms with E-state index in [1.165, 1.54) is 140 Å². The van der Waals surface area contributed by atoms with E-state index in [-0.39, 0.29) is 25.9 Å². The Kier molecular flexibility index (Phi) is 25.8. The molecule has 0 amide bonds. The van der Waals surface area contributed by atoms with Crippen LogP contribution in [0.2, 0.25) is 0 Å². The lowest BCUT2D eigenvalue weighted by Crippen LogP contribution is -2.46. The predicted molar refractivity (Wildman–Crippen MR) is 200 cm³/mol. The molecule has 0 bridgehead atoms. The molecule has 0 aromatic heterocycles. The molecule has 0 heterocycles. The van der Waals surface area contributed by atoms with E-state index in [1.807, 2.05) is 0 Å². The largest absolute Gasteiger partial charge is 0.396 e. The molecule has 0 saturated heterocycles. The Morgan fingerprint density at radius 3 is 1.09 bits per heavy atom. The number of aliphatic hydroxyl groups excluding tert-OH is 3. The van der Waals surface area contributed by atoms with Crippen LogP contribution in [0.3, 0.4) is 0 Å². The topological polar surface area (TPSA) is 69.9 Å². The van der Waals surface area contributed by atoms with Crippen LogP contribution in [-0.4, -0.2) is 47.9 Å². The van der Waals surface area contributed by atoms with Crippen LogP contribution in [0, 0.1) is 5.41 Å². The summed E-state index contributed by atoms with van der Waals surface area (Å²) in [5.41, 5.74) is 1.97. The third-order valence-corrected chi connectivity index (χ3v) is 10.2. The highest BCUT2D eigenvalue weighted by molar-refractivity contribution is 5.15. The average Bonchev–Trinajstić information content (AvgIpc) is 3.11. The van der Waals surface area contributed by atoms with Crippen molar-refractivity contribution in [3.8, 4) is 0 Å². The Morgan fingerprint density at radius 1 is 0.404 bits per heavy atom. The predicted octanol–water partition coefficient (Wildman–Crippen LogP) is 10.8. The lowest BCUT2D eigenvalue weighted by molar-refractivity contribution is -0.117. The van der Waals surface area contributed by atoms with Gasteiger partial charge in [-0.15, -0.1) is 0 Å². The van der Waals surface area contributed by atoms with Gasteiger partial charge in [-0.2, -0.15) is 0 Å². The van der Waals surface area contributed by atoms with Crippen molar-refractivity contribution >= 4 is 0 Å². The van der Waals surface area contributed by atoms with E-state index in [2.05, 4.69) is 60.7 Å². The molecule has 2 aromatic rings. The van der Waals surface area contributed by atoms with E-state index >= 15 is 0 Å². The summed E-state index contributed by atoms with van der Waals surface area (Å²) in [6.45, 7) is -0.0977. The molecule has 1 atom stereocenters. The zero-order chi connectivity index (χ0) is 33.5. The number of benzene rings is 2. The molecule has 4 heteroatoms. The minimum atomic E-state index is -0.956. The Hall–Kier alpha value is -1.72. The lowest BCUT2D eigenvalue weighted by Gasteiger charge is -2.36. The quantitative estimate of drug-likeness (QED) is 0.0671. The fourth-order valence-corrected chi connectivity index (χ4v) is 6.81. The number of aliphatic hydroxyl groups is 3. The second kappa shape index (κ2) is 29.2. The molecule has 4 nitrogen and oxygen atoms in total. The van der Waals surface area contributed by atoms with Gasteiger partial charge in [-0.3, -0.25) is 0 Å². The number of ether oxygens (including phenoxy) is 1. The van der Waals surface area contributed by atoms with Crippen LogP contribution in [0.25, 0.3) is 0 Å². The fraction of sp³-hybridized carbons (Fsp3) is 0.721. The molecular weight excluding hydrogens is 580 g/mol. The van der Waals surface area contributed by atoms with Crippen LogP contribution in [0.5, 0.6) is 0 Å². The van der Waals surface area contributed by atoms with Gasteiger partial charge < -0.3 is 20.1 Å². The molecule has 0 aliphatic rings. The highest BCUT2D eigenvalue weighted by atomic mass is 16.5. The summed E-state index contributed by atoms with van der Waals surface area (Å²) in [4.78, 5) is 0. The van der Waals surface area contributed by atoms with E-state index in [0.717, 1.165) is 32.1 Å². The molecule has 0 aliphatic heterocycles. The van der Waals surface area contributed by atoms with Crippen LogP contribution in [0.4, 0.5) is 0 Å². The third kappa shape index (κ3) is 20.4. The van der Waals surface area contributed by atoms with Crippen molar-refractivity contribution in [2.24, 2.45) is 5.41 Å². The van der Waals surface area contributed by atoms with Crippen LogP contribution in [0.1, 0.15) is 159 Å². The maximum Gasteiger partial charge on any atom is 0.0697 e. The van der Waals surface area contributed by atoms with Gasteiger partial charge in [0.25, 0.3) is 0 Å². The van der Waals surface area contributed by atoms with Gasteiger partial charge in [-0.1, -0.05) is 183 Å². The van der Waals surface area contributed by atoms with Crippen molar-refractivity contribution in [3.63, 3.8) is 0 Å². The van der Waals surface area contributed by atoms with Crippen molar-refractivity contribution in [1.29, 1.82) is 0 Å². The lowest BCUT2D eigenvalue weighted by atomic mass is 9.81. The molecular formula is C43H72O4. The zero-order valence-electron chi connectivity index (χ0n) is 30.1. The Bertz CT molecular complexity index is 906. The van der Waals surface area contributed by atoms with E-state index in [4.69, 9.17) is 4.74 Å². The molecule has 0 aliphatic carbocycles. The van der Waals surface area contributed by atoms with E-state index in [1.54, 1.807) is 0 Å². The number of rotatable bonds is 33. The van der Waals surface area contributed by atoms with Crippen LogP contribution in [-0.2, 0) is 17.6 Å². The van der Waals surface area contributed by atoms with E-state index < -0.39 is 5.41 Å². The van der Waals surface area contributed by atoms with Crippen molar-refractivity contribution in [1.82, 2.24) is 0 Å². The summed E-state index contributed by atoms with van der Waals surface area (Å²) < 4.78 is 6.25. The number of hydrogen-bond acceptors (Lipinski definition) is 4. The highest BCUT2D eigenvalue weighted by Gasteiger charge is 2.38. The summed E-state index contributed by atoms with van der Waals surface area (Å²) in [6.07, 6.45) is 31.0. The Labute approximate surface area is 289 Å². The molecule has 268 valence electrons.